The van der Waals surface area contributed by atoms with Gasteiger partial charge in [0.2, 0.25) is 0 Å². The fourth-order valence-electron chi connectivity index (χ4n) is 3.09. The number of carboxylic acids is 1. The molecule has 0 aliphatic carbocycles. The number of non-ortho nitro benzene ring substituents is 1. The largest absolute Gasteiger partial charge is 0.478 e. The molecule has 9 nitrogen and oxygen atoms in total. The van der Waals surface area contributed by atoms with Crippen molar-refractivity contribution in [2.45, 2.75) is 13.3 Å². The van der Waals surface area contributed by atoms with Crippen molar-refractivity contribution in [3.63, 3.8) is 0 Å². The van der Waals surface area contributed by atoms with E-state index in [4.69, 9.17) is 9.15 Å². The fraction of sp³-hybridized carbons (Fsp3) is 0.158. The molecular weight excluding hydrogens is 368 g/mol. The van der Waals surface area contributed by atoms with Crippen molar-refractivity contribution in [3.8, 4) is 0 Å². The van der Waals surface area contributed by atoms with Gasteiger partial charge in [0.1, 0.15) is 0 Å². The van der Waals surface area contributed by atoms with Crippen LogP contribution < -0.4 is 4.90 Å². The zero-order valence-corrected chi connectivity index (χ0v) is 15.0. The number of nitro groups is 1. The zero-order valence-electron chi connectivity index (χ0n) is 15.0. The number of nitro benzene ring substituents is 1. The Kier molecular flexibility index (Phi) is 4.99. The van der Waals surface area contributed by atoms with Gasteiger partial charge in [-0.1, -0.05) is 0 Å². The van der Waals surface area contributed by atoms with E-state index in [1.54, 1.807) is 17.9 Å². The summed E-state index contributed by atoms with van der Waals surface area (Å²) in [5.41, 5.74) is 1.79. The molecule has 1 aromatic carbocycles. The number of rotatable bonds is 5. The molecule has 144 valence electrons. The van der Waals surface area contributed by atoms with Gasteiger partial charge in [-0.25, -0.2) is 9.59 Å². The first kappa shape index (κ1) is 18.9. The Labute approximate surface area is 159 Å². The molecule has 0 radical (unpaired) electrons. The number of esters is 1. The Balaban J connectivity index is 2.25. The number of ether oxygens (including phenoxy) is 1. The third kappa shape index (κ3) is 3.25. The van der Waals surface area contributed by atoms with E-state index in [1.807, 2.05) is 0 Å². The summed E-state index contributed by atoms with van der Waals surface area (Å²) < 4.78 is 9.91. The lowest BCUT2D eigenvalue weighted by atomic mass is 9.93. The maximum atomic E-state index is 12.2. The van der Waals surface area contributed by atoms with Crippen LogP contribution in [0.15, 0.2) is 64.1 Å². The molecule has 1 N–H and O–H groups in total. The number of allylic oxidation sites excluding steroid dienone is 1. The number of carbonyl (C=O) groups is 2. The Morgan fingerprint density at radius 3 is 2.39 bits per heavy atom. The van der Waals surface area contributed by atoms with Crippen LogP contribution in [0.2, 0.25) is 0 Å². The van der Waals surface area contributed by atoms with E-state index < -0.39 is 16.9 Å². The highest BCUT2D eigenvalue weighted by molar-refractivity contribution is 6.06. The maximum Gasteiger partial charge on any atom is 0.335 e. The lowest BCUT2D eigenvalue weighted by Crippen LogP contribution is -2.30. The van der Waals surface area contributed by atoms with Crippen molar-refractivity contribution in [2.75, 3.05) is 12.0 Å². The molecule has 1 aliphatic rings. The minimum atomic E-state index is -1.20. The molecule has 1 aliphatic heterocycles. The quantitative estimate of drug-likeness (QED) is 0.473. The zero-order chi connectivity index (χ0) is 20.4. The van der Waals surface area contributed by atoms with E-state index in [0.29, 0.717) is 22.6 Å². The minimum Gasteiger partial charge on any atom is -0.478 e. The van der Waals surface area contributed by atoms with Crippen molar-refractivity contribution in [1.82, 2.24) is 0 Å². The highest BCUT2D eigenvalue weighted by Crippen LogP contribution is 2.40. The number of carbonyl (C=O) groups excluding carboxylic acids is 1. The number of methoxy groups -OCH3 is 1. The molecule has 2 aromatic rings. The Morgan fingerprint density at radius 2 is 1.89 bits per heavy atom. The van der Waals surface area contributed by atoms with Gasteiger partial charge in [0, 0.05) is 35.5 Å². The second-order valence-electron chi connectivity index (χ2n) is 5.99. The Hall–Kier alpha value is -3.88. The highest BCUT2D eigenvalue weighted by Gasteiger charge is 2.34. The van der Waals surface area contributed by atoms with E-state index in [-0.39, 0.29) is 23.3 Å². The van der Waals surface area contributed by atoms with Crippen LogP contribution >= 0.6 is 0 Å². The number of hydrogen-bond donors (Lipinski definition) is 1. The van der Waals surface area contributed by atoms with Gasteiger partial charge < -0.3 is 19.2 Å². The first-order chi connectivity index (χ1) is 13.3. The van der Waals surface area contributed by atoms with Crippen molar-refractivity contribution in [3.05, 3.63) is 75.4 Å². The van der Waals surface area contributed by atoms with Crippen LogP contribution in [-0.2, 0) is 14.3 Å². The molecule has 0 fully saturated rings. The molecule has 2 heterocycles. The van der Waals surface area contributed by atoms with Gasteiger partial charge in [-0.2, -0.15) is 0 Å². The molecule has 0 unspecified atom stereocenters. The fourth-order valence-corrected chi connectivity index (χ4v) is 3.09. The summed E-state index contributed by atoms with van der Waals surface area (Å²) in [6.07, 6.45) is 2.68. The minimum absolute atomic E-state index is 0.0225. The molecule has 0 atom stereocenters. The third-order valence-corrected chi connectivity index (χ3v) is 4.44. The molecule has 1 aromatic heterocycles. The van der Waals surface area contributed by atoms with Crippen molar-refractivity contribution >= 4 is 29.0 Å². The van der Waals surface area contributed by atoms with Crippen molar-refractivity contribution in [1.29, 1.82) is 0 Å². The van der Waals surface area contributed by atoms with Crippen LogP contribution in [0.3, 0.4) is 0 Å². The SMILES string of the molecule is COC(=O)C1=C(C)N(c2ccc([N+](=O)[O-])cc2)C(c2ccoc2)=C(C(=O)O)C1. The highest BCUT2D eigenvalue weighted by atomic mass is 16.6. The molecule has 0 spiro atoms. The van der Waals surface area contributed by atoms with Gasteiger partial charge in [-0.15, -0.1) is 0 Å². The van der Waals surface area contributed by atoms with Gasteiger partial charge in [0.15, 0.2) is 0 Å². The second-order valence-corrected chi connectivity index (χ2v) is 5.99. The van der Waals surface area contributed by atoms with Crippen molar-refractivity contribution < 1.29 is 28.8 Å². The van der Waals surface area contributed by atoms with Crippen LogP contribution in [0, 0.1) is 10.1 Å². The first-order valence-electron chi connectivity index (χ1n) is 8.16. The van der Waals surface area contributed by atoms with Crippen LogP contribution in [0.5, 0.6) is 0 Å². The Morgan fingerprint density at radius 1 is 1.21 bits per heavy atom. The van der Waals surface area contributed by atoms with E-state index in [1.165, 1.54) is 43.9 Å². The first-order valence-corrected chi connectivity index (χ1v) is 8.16. The summed E-state index contributed by atoms with van der Waals surface area (Å²) >= 11 is 0. The van der Waals surface area contributed by atoms with Crippen LogP contribution in [0.1, 0.15) is 18.9 Å². The van der Waals surface area contributed by atoms with Crippen LogP contribution in [0.4, 0.5) is 11.4 Å². The average Bonchev–Trinajstić information content (AvgIpc) is 3.21. The molecule has 28 heavy (non-hydrogen) atoms. The van der Waals surface area contributed by atoms with Crippen LogP contribution in [-0.4, -0.2) is 29.1 Å². The molecule has 3 rings (SSSR count). The summed E-state index contributed by atoms with van der Waals surface area (Å²) in [5, 5.41) is 20.7. The lowest BCUT2D eigenvalue weighted by Gasteiger charge is -2.34. The number of furan rings is 1. The maximum absolute atomic E-state index is 12.2. The average molecular weight is 384 g/mol. The van der Waals surface area contributed by atoms with E-state index >= 15 is 0 Å². The van der Waals surface area contributed by atoms with E-state index in [0.717, 1.165) is 0 Å². The number of carboxylic acid groups (broad SMARTS) is 1. The summed E-state index contributed by atoms with van der Waals surface area (Å²) in [5.74, 6) is -1.84. The topological polar surface area (TPSA) is 123 Å². The monoisotopic (exact) mass is 384 g/mol. The number of aliphatic carboxylic acids is 1. The van der Waals surface area contributed by atoms with Gasteiger partial charge in [-0.05, 0) is 25.1 Å². The predicted molar refractivity (Wildman–Crippen MR) is 98.2 cm³/mol. The number of nitrogens with zero attached hydrogens (tertiary/aromatic N) is 2. The van der Waals surface area contributed by atoms with Crippen LogP contribution in [0.25, 0.3) is 5.70 Å². The molecule has 0 bridgehead atoms. The van der Waals surface area contributed by atoms with Crippen molar-refractivity contribution in [2.24, 2.45) is 0 Å². The number of anilines is 1. The molecule has 0 saturated heterocycles. The van der Waals surface area contributed by atoms with Gasteiger partial charge in [-0.3, -0.25) is 10.1 Å². The summed E-state index contributed by atoms with van der Waals surface area (Å²) in [6, 6.07) is 7.20. The number of benzene rings is 1. The van der Waals surface area contributed by atoms with Gasteiger partial charge >= 0.3 is 11.9 Å². The van der Waals surface area contributed by atoms with Gasteiger partial charge in [0.25, 0.3) is 5.69 Å². The molecular formula is C19H16N2O7. The molecule has 0 saturated carbocycles. The standard InChI is InChI=1S/C19H16N2O7/c1-11-15(19(24)27-2)9-16(18(22)23)17(12-7-8-28-10-12)20(11)13-3-5-14(6-4-13)21(25)26/h3-8,10H,9H2,1-2H3,(H,22,23). The third-order valence-electron chi connectivity index (χ3n) is 4.44. The predicted octanol–water partition coefficient (Wildman–Crippen LogP) is 3.34. The summed E-state index contributed by atoms with van der Waals surface area (Å²) in [6.45, 7) is 1.66. The summed E-state index contributed by atoms with van der Waals surface area (Å²) in [4.78, 5) is 36.2. The smallest absolute Gasteiger partial charge is 0.335 e. The lowest BCUT2D eigenvalue weighted by molar-refractivity contribution is -0.384. The van der Waals surface area contributed by atoms with Gasteiger partial charge in [0.05, 0.1) is 41.4 Å². The molecule has 0 amide bonds. The number of hydrogen-bond acceptors (Lipinski definition) is 7. The van der Waals surface area contributed by atoms with E-state index in [9.17, 15) is 24.8 Å². The Bertz CT molecular complexity index is 1000. The van der Waals surface area contributed by atoms with E-state index in [2.05, 4.69) is 0 Å². The second kappa shape index (κ2) is 7.39. The normalized spacial score (nSPS) is 14.3. The molecule has 9 heteroatoms. The summed E-state index contributed by atoms with van der Waals surface area (Å²) in [7, 11) is 1.22.